The molecular weight excluding hydrogens is 358 g/mol. The lowest BCUT2D eigenvalue weighted by Gasteiger charge is -2.22. The highest BCUT2D eigenvalue weighted by Gasteiger charge is 2.21. The molecule has 1 aliphatic heterocycles. The fourth-order valence-electron chi connectivity index (χ4n) is 3.71. The molecule has 3 aromatic carbocycles. The van der Waals surface area contributed by atoms with E-state index in [4.69, 9.17) is 0 Å². The fourth-order valence-corrected chi connectivity index (χ4v) is 3.71. The molecule has 1 saturated heterocycles. The van der Waals surface area contributed by atoms with Crippen LogP contribution in [0.2, 0.25) is 0 Å². The Kier molecular flexibility index (Phi) is 5.80. The first-order valence-corrected chi connectivity index (χ1v) is 10.2. The van der Waals surface area contributed by atoms with Crippen molar-refractivity contribution < 1.29 is 4.79 Å². The highest BCUT2D eigenvalue weighted by Crippen LogP contribution is 2.26. The van der Waals surface area contributed by atoms with Crippen molar-refractivity contribution in [2.24, 2.45) is 0 Å². The first kappa shape index (κ1) is 19.1. The van der Waals surface area contributed by atoms with Gasteiger partial charge in [-0.3, -0.25) is 4.79 Å². The SMILES string of the molecule is Cc1ccc(NC(=O)[C@H](Nc2ccc(N3CCCC3)cc2)c2ccccc2)cc1. The van der Waals surface area contributed by atoms with Crippen molar-refractivity contribution in [3.8, 4) is 0 Å². The molecule has 4 heteroatoms. The van der Waals surface area contributed by atoms with Crippen molar-refractivity contribution in [1.29, 1.82) is 0 Å². The summed E-state index contributed by atoms with van der Waals surface area (Å²) in [5.41, 5.74) is 5.07. The van der Waals surface area contributed by atoms with Crippen molar-refractivity contribution in [3.63, 3.8) is 0 Å². The molecule has 0 aromatic heterocycles. The maximum atomic E-state index is 13.1. The van der Waals surface area contributed by atoms with Gasteiger partial charge in [-0.1, -0.05) is 48.0 Å². The van der Waals surface area contributed by atoms with Gasteiger partial charge in [0.2, 0.25) is 0 Å². The summed E-state index contributed by atoms with van der Waals surface area (Å²) >= 11 is 0. The van der Waals surface area contributed by atoms with Crippen LogP contribution in [0, 0.1) is 6.92 Å². The van der Waals surface area contributed by atoms with Crippen LogP contribution in [0.5, 0.6) is 0 Å². The van der Waals surface area contributed by atoms with Gasteiger partial charge < -0.3 is 15.5 Å². The van der Waals surface area contributed by atoms with E-state index in [2.05, 4.69) is 39.8 Å². The average Bonchev–Trinajstić information content (AvgIpc) is 3.29. The van der Waals surface area contributed by atoms with Crippen LogP contribution in [0.4, 0.5) is 17.1 Å². The van der Waals surface area contributed by atoms with Gasteiger partial charge in [0.05, 0.1) is 0 Å². The predicted molar refractivity (Wildman–Crippen MR) is 121 cm³/mol. The number of nitrogens with one attached hydrogen (secondary N) is 2. The van der Waals surface area contributed by atoms with E-state index in [1.54, 1.807) is 0 Å². The second kappa shape index (κ2) is 8.82. The standard InChI is InChI=1S/C25H27N3O/c1-19-9-11-22(12-10-19)27-25(29)24(20-7-3-2-4-8-20)26-21-13-15-23(16-14-21)28-17-5-6-18-28/h2-4,7-16,24,26H,5-6,17-18H2,1H3,(H,27,29)/t24-/m1/s1. The van der Waals surface area contributed by atoms with Gasteiger partial charge >= 0.3 is 0 Å². The Morgan fingerprint density at radius 1 is 0.828 bits per heavy atom. The minimum absolute atomic E-state index is 0.0799. The van der Waals surface area contributed by atoms with Crippen LogP contribution in [-0.2, 0) is 4.79 Å². The van der Waals surface area contributed by atoms with Gasteiger partial charge in [-0.2, -0.15) is 0 Å². The van der Waals surface area contributed by atoms with Crippen LogP contribution in [0.15, 0.2) is 78.9 Å². The Bertz CT molecular complexity index is 930. The van der Waals surface area contributed by atoms with Crippen LogP contribution in [0.1, 0.15) is 30.0 Å². The highest BCUT2D eigenvalue weighted by atomic mass is 16.2. The van der Waals surface area contributed by atoms with Crippen LogP contribution >= 0.6 is 0 Å². The van der Waals surface area contributed by atoms with E-state index in [9.17, 15) is 4.79 Å². The lowest BCUT2D eigenvalue weighted by atomic mass is 10.1. The summed E-state index contributed by atoms with van der Waals surface area (Å²) in [4.78, 5) is 15.5. The van der Waals surface area contributed by atoms with Gasteiger partial charge in [-0.05, 0) is 61.7 Å². The third kappa shape index (κ3) is 4.77. The Balaban J connectivity index is 1.52. The third-order valence-corrected chi connectivity index (χ3v) is 5.36. The maximum absolute atomic E-state index is 13.1. The lowest BCUT2D eigenvalue weighted by Crippen LogP contribution is -2.27. The number of benzene rings is 3. The zero-order valence-electron chi connectivity index (χ0n) is 16.8. The maximum Gasteiger partial charge on any atom is 0.251 e. The number of aryl methyl sites for hydroxylation is 1. The molecule has 1 fully saturated rings. The topological polar surface area (TPSA) is 44.4 Å². The summed E-state index contributed by atoms with van der Waals surface area (Å²) in [6.07, 6.45) is 2.52. The van der Waals surface area contributed by atoms with Gasteiger partial charge in [0.1, 0.15) is 6.04 Å². The summed E-state index contributed by atoms with van der Waals surface area (Å²) in [6.45, 7) is 4.28. The van der Waals surface area contributed by atoms with Crippen molar-refractivity contribution in [2.45, 2.75) is 25.8 Å². The van der Waals surface area contributed by atoms with Gasteiger partial charge in [-0.25, -0.2) is 0 Å². The third-order valence-electron chi connectivity index (χ3n) is 5.36. The predicted octanol–water partition coefficient (Wildman–Crippen LogP) is 5.39. The van der Waals surface area contributed by atoms with Crippen molar-refractivity contribution >= 4 is 23.0 Å². The van der Waals surface area contributed by atoms with E-state index in [-0.39, 0.29) is 5.91 Å². The zero-order chi connectivity index (χ0) is 20.1. The number of carbonyl (C=O) groups is 1. The largest absolute Gasteiger partial charge is 0.372 e. The molecule has 29 heavy (non-hydrogen) atoms. The van der Waals surface area contributed by atoms with Crippen molar-refractivity contribution in [1.82, 2.24) is 0 Å². The minimum Gasteiger partial charge on any atom is -0.372 e. The number of hydrogen-bond acceptors (Lipinski definition) is 3. The molecule has 2 N–H and O–H groups in total. The highest BCUT2D eigenvalue weighted by molar-refractivity contribution is 5.97. The quantitative estimate of drug-likeness (QED) is 0.598. The van der Waals surface area contributed by atoms with E-state index in [0.717, 1.165) is 30.0 Å². The van der Waals surface area contributed by atoms with Crippen LogP contribution in [-0.4, -0.2) is 19.0 Å². The molecule has 1 amide bonds. The summed E-state index contributed by atoms with van der Waals surface area (Å²) in [5, 5.41) is 6.45. The second-order valence-corrected chi connectivity index (χ2v) is 7.58. The van der Waals surface area contributed by atoms with E-state index in [1.807, 2.05) is 61.5 Å². The number of amides is 1. The van der Waals surface area contributed by atoms with Crippen LogP contribution in [0.25, 0.3) is 0 Å². The Morgan fingerprint density at radius 2 is 1.45 bits per heavy atom. The first-order valence-electron chi connectivity index (χ1n) is 10.2. The number of hydrogen-bond donors (Lipinski definition) is 2. The minimum atomic E-state index is -0.477. The molecule has 1 atom stereocenters. The normalized spacial score (nSPS) is 14.4. The van der Waals surface area contributed by atoms with E-state index in [1.165, 1.54) is 24.1 Å². The Labute approximate surface area is 172 Å². The molecule has 0 unspecified atom stereocenters. The number of rotatable bonds is 6. The molecule has 0 radical (unpaired) electrons. The van der Waals surface area contributed by atoms with Gasteiger partial charge in [-0.15, -0.1) is 0 Å². The summed E-state index contributed by atoms with van der Waals surface area (Å²) in [5.74, 6) is -0.0799. The summed E-state index contributed by atoms with van der Waals surface area (Å²) in [6, 6.07) is 25.6. The fraction of sp³-hybridized carbons (Fsp3) is 0.240. The molecule has 4 nitrogen and oxygen atoms in total. The molecule has 0 bridgehead atoms. The molecule has 1 heterocycles. The molecule has 3 aromatic rings. The number of nitrogens with zero attached hydrogens (tertiary/aromatic N) is 1. The Morgan fingerprint density at radius 3 is 2.10 bits per heavy atom. The Hall–Kier alpha value is -3.27. The van der Waals surface area contributed by atoms with Crippen molar-refractivity contribution in [2.75, 3.05) is 28.6 Å². The molecular formula is C25H27N3O. The second-order valence-electron chi connectivity index (χ2n) is 7.58. The van der Waals surface area contributed by atoms with Gasteiger partial charge in [0.15, 0.2) is 0 Å². The summed E-state index contributed by atoms with van der Waals surface area (Å²) < 4.78 is 0. The average molecular weight is 386 g/mol. The zero-order valence-corrected chi connectivity index (χ0v) is 16.8. The molecule has 0 spiro atoms. The smallest absolute Gasteiger partial charge is 0.251 e. The summed E-state index contributed by atoms with van der Waals surface area (Å²) in [7, 11) is 0. The molecule has 0 aliphatic carbocycles. The van der Waals surface area contributed by atoms with E-state index >= 15 is 0 Å². The van der Waals surface area contributed by atoms with Crippen LogP contribution in [0.3, 0.4) is 0 Å². The number of anilines is 3. The monoisotopic (exact) mass is 385 g/mol. The molecule has 0 saturated carbocycles. The lowest BCUT2D eigenvalue weighted by molar-refractivity contribution is -0.117. The van der Waals surface area contributed by atoms with E-state index in [0.29, 0.717) is 0 Å². The molecule has 4 rings (SSSR count). The van der Waals surface area contributed by atoms with E-state index < -0.39 is 6.04 Å². The van der Waals surface area contributed by atoms with Crippen LogP contribution < -0.4 is 15.5 Å². The molecule has 1 aliphatic rings. The number of carbonyl (C=O) groups excluding carboxylic acids is 1. The van der Waals surface area contributed by atoms with Gasteiger partial charge in [0, 0.05) is 30.2 Å². The van der Waals surface area contributed by atoms with Crippen molar-refractivity contribution in [3.05, 3.63) is 90.0 Å². The first-order chi connectivity index (χ1) is 14.2. The van der Waals surface area contributed by atoms with Gasteiger partial charge in [0.25, 0.3) is 5.91 Å². The molecule has 148 valence electrons.